The number of H-pyrrole nitrogens is 1. The van der Waals surface area contributed by atoms with E-state index in [0.29, 0.717) is 27.9 Å². The molecule has 3 aliphatic rings. The van der Waals surface area contributed by atoms with Crippen molar-refractivity contribution in [2.45, 2.75) is 50.0 Å². The molecule has 3 atom stereocenters. The van der Waals surface area contributed by atoms with E-state index in [1.165, 1.54) is 31.2 Å². The van der Waals surface area contributed by atoms with Gasteiger partial charge in [0.2, 0.25) is 5.95 Å². The van der Waals surface area contributed by atoms with Crippen LogP contribution in [0.2, 0.25) is 10.0 Å². The Morgan fingerprint density at radius 3 is 2.74 bits per heavy atom. The van der Waals surface area contributed by atoms with Crippen molar-refractivity contribution < 1.29 is 0 Å². The van der Waals surface area contributed by atoms with Crippen molar-refractivity contribution in [1.29, 1.82) is 5.26 Å². The number of nitrogens with zero attached hydrogens (tertiary/aromatic N) is 3. The van der Waals surface area contributed by atoms with Crippen LogP contribution >= 0.6 is 23.2 Å². The molecule has 7 heteroatoms. The number of halogens is 2. The molecule has 2 aliphatic carbocycles. The van der Waals surface area contributed by atoms with E-state index in [4.69, 9.17) is 28.2 Å². The number of imidazole rings is 1. The summed E-state index contributed by atoms with van der Waals surface area (Å²) in [5, 5.41) is 13.9. The van der Waals surface area contributed by atoms with Crippen LogP contribution in [-0.2, 0) is 5.41 Å². The summed E-state index contributed by atoms with van der Waals surface area (Å²) in [6, 6.07) is 14.8. The van der Waals surface area contributed by atoms with Gasteiger partial charge in [-0.2, -0.15) is 5.26 Å². The van der Waals surface area contributed by atoms with Crippen molar-refractivity contribution in [3.8, 4) is 6.07 Å². The molecule has 0 amide bonds. The highest BCUT2D eigenvalue weighted by Gasteiger charge is 2.58. The van der Waals surface area contributed by atoms with E-state index in [-0.39, 0.29) is 5.41 Å². The predicted molar refractivity (Wildman–Crippen MR) is 138 cm³/mol. The highest BCUT2D eigenvalue weighted by atomic mass is 35.5. The number of nitriles is 1. The van der Waals surface area contributed by atoms with Crippen molar-refractivity contribution >= 4 is 40.2 Å². The molecule has 1 saturated heterocycles. The lowest BCUT2D eigenvalue weighted by Crippen LogP contribution is -2.44. The second-order valence-corrected chi connectivity index (χ2v) is 11.2. The third kappa shape index (κ3) is 3.96. The van der Waals surface area contributed by atoms with Crippen molar-refractivity contribution in [3.05, 3.63) is 57.6 Å². The molecule has 2 saturated carbocycles. The lowest BCUT2D eigenvalue weighted by Gasteiger charge is -2.39. The minimum Gasteiger partial charge on any atom is -0.339 e. The number of nitrogens with one attached hydrogen (secondary N) is 2. The minimum atomic E-state index is 0.263. The maximum atomic E-state index is 9.36. The maximum absolute atomic E-state index is 9.36. The smallest absolute Gasteiger partial charge is 0.204 e. The molecule has 5 nitrogen and oxygen atoms in total. The van der Waals surface area contributed by atoms with Gasteiger partial charge in [-0.15, -0.1) is 0 Å². The number of rotatable bonds is 5. The molecule has 3 fully saturated rings. The number of aromatic nitrogens is 2. The fourth-order valence-corrected chi connectivity index (χ4v) is 6.75. The Bertz CT molecular complexity index is 1220. The first-order chi connectivity index (χ1) is 16.6. The predicted octanol–water partition coefficient (Wildman–Crippen LogP) is 6.06. The number of benzene rings is 2. The van der Waals surface area contributed by atoms with Gasteiger partial charge in [0.05, 0.1) is 32.7 Å². The van der Waals surface area contributed by atoms with E-state index in [9.17, 15) is 5.26 Å². The van der Waals surface area contributed by atoms with Gasteiger partial charge >= 0.3 is 0 Å². The summed E-state index contributed by atoms with van der Waals surface area (Å²) in [6.45, 7) is 3.21. The molecule has 0 spiro atoms. The number of hydrogen-bond donors (Lipinski definition) is 2. The standard InChI is InChI=1S/C27H29Cl2N5/c28-22-12-24-25(13-23(22)29)33-26(32-24)34(16-17-5-8-31-9-6-17)21-4-7-27(14-20(27)11-21)19-3-1-2-18(10-19)15-30/h1-3,10,12-13,17,20-21,31H,4-9,11,14,16H2,(H,32,33). The van der Waals surface area contributed by atoms with Gasteiger partial charge in [0.15, 0.2) is 0 Å². The van der Waals surface area contributed by atoms with E-state index >= 15 is 0 Å². The third-order valence-electron chi connectivity index (χ3n) is 8.42. The molecular weight excluding hydrogens is 465 g/mol. The average molecular weight is 494 g/mol. The van der Waals surface area contributed by atoms with Crippen molar-refractivity contribution in [3.63, 3.8) is 0 Å². The number of piperidine rings is 1. The topological polar surface area (TPSA) is 67.7 Å². The molecule has 2 N–H and O–H groups in total. The van der Waals surface area contributed by atoms with Crippen molar-refractivity contribution in [2.75, 3.05) is 24.5 Å². The lowest BCUT2D eigenvalue weighted by molar-refractivity contribution is 0.322. The first-order valence-corrected chi connectivity index (χ1v) is 13.1. The van der Waals surface area contributed by atoms with Gasteiger partial charge in [0.1, 0.15) is 0 Å². The first kappa shape index (κ1) is 22.2. The molecule has 1 aromatic heterocycles. The second kappa shape index (κ2) is 8.75. The summed E-state index contributed by atoms with van der Waals surface area (Å²) in [7, 11) is 0. The normalized spacial score (nSPS) is 26.7. The molecule has 3 unspecified atom stereocenters. The fraction of sp³-hybridized carbons (Fsp3) is 0.481. The molecule has 0 bridgehead atoms. The van der Waals surface area contributed by atoms with Gasteiger partial charge in [-0.05, 0) is 98.7 Å². The Balaban J connectivity index is 1.27. The molecule has 3 aromatic rings. The SMILES string of the molecule is N#Cc1cccc(C23CCC(N(CC4CCNCC4)c4nc5cc(Cl)c(Cl)cc5[nH]4)CC2C3)c1. The largest absolute Gasteiger partial charge is 0.339 e. The lowest BCUT2D eigenvalue weighted by atomic mass is 9.79. The highest BCUT2D eigenvalue weighted by Crippen LogP contribution is 2.63. The summed E-state index contributed by atoms with van der Waals surface area (Å²) in [5.41, 5.74) is 4.19. The zero-order valence-electron chi connectivity index (χ0n) is 19.2. The van der Waals surface area contributed by atoms with Gasteiger partial charge < -0.3 is 15.2 Å². The van der Waals surface area contributed by atoms with Crippen LogP contribution in [0.3, 0.4) is 0 Å². The van der Waals surface area contributed by atoms with Gasteiger partial charge in [0.25, 0.3) is 0 Å². The summed E-state index contributed by atoms with van der Waals surface area (Å²) < 4.78 is 0. The van der Waals surface area contributed by atoms with Crippen LogP contribution in [0.4, 0.5) is 5.95 Å². The van der Waals surface area contributed by atoms with E-state index in [0.717, 1.165) is 55.0 Å². The van der Waals surface area contributed by atoms with E-state index in [2.05, 4.69) is 33.4 Å². The zero-order valence-corrected chi connectivity index (χ0v) is 20.7. The monoisotopic (exact) mass is 493 g/mol. The molecule has 34 heavy (non-hydrogen) atoms. The van der Waals surface area contributed by atoms with Gasteiger partial charge in [-0.1, -0.05) is 35.3 Å². The van der Waals surface area contributed by atoms with Crippen molar-refractivity contribution in [2.24, 2.45) is 11.8 Å². The number of aromatic amines is 1. The maximum Gasteiger partial charge on any atom is 0.204 e. The third-order valence-corrected chi connectivity index (χ3v) is 9.14. The van der Waals surface area contributed by atoms with Crippen LogP contribution in [0.5, 0.6) is 0 Å². The number of hydrogen-bond acceptors (Lipinski definition) is 4. The van der Waals surface area contributed by atoms with Crippen LogP contribution < -0.4 is 10.2 Å². The van der Waals surface area contributed by atoms with Crippen LogP contribution in [0, 0.1) is 23.2 Å². The minimum absolute atomic E-state index is 0.263. The molecule has 6 rings (SSSR count). The summed E-state index contributed by atoms with van der Waals surface area (Å²) in [6.07, 6.45) is 7.10. The Labute approximate surface area is 210 Å². The van der Waals surface area contributed by atoms with Crippen LogP contribution in [0.1, 0.15) is 49.7 Å². The zero-order chi connectivity index (χ0) is 23.3. The van der Waals surface area contributed by atoms with E-state index in [1.807, 2.05) is 24.3 Å². The molecule has 176 valence electrons. The van der Waals surface area contributed by atoms with Gasteiger partial charge in [-0.25, -0.2) is 4.98 Å². The molecule has 1 aliphatic heterocycles. The molecular formula is C27H29Cl2N5. The van der Waals surface area contributed by atoms with Crippen LogP contribution in [0.15, 0.2) is 36.4 Å². The van der Waals surface area contributed by atoms with E-state index in [1.54, 1.807) is 0 Å². The fourth-order valence-electron chi connectivity index (χ4n) is 6.42. The summed E-state index contributed by atoms with van der Waals surface area (Å²) >= 11 is 12.6. The Morgan fingerprint density at radius 2 is 1.94 bits per heavy atom. The van der Waals surface area contributed by atoms with Crippen molar-refractivity contribution in [1.82, 2.24) is 15.3 Å². The van der Waals surface area contributed by atoms with Crippen LogP contribution in [0.25, 0.3) is 11.0 Å². The van der Waals surface area contributed by atoms with Crippen LogP contribution in [-0.4, -0.2) is 35.6 Å². The second-order valence-electron chi connectivity index (χ2n) is 10.4. The number of fused-ring (bicyclic) bond motifs is 2. The molecule has 2 heterocycles. The first-order valence-electron chi connectivity index (χ1n) is 12.4. The Morgan fingerprint density at radius 1 is 1.12 bits per heavy atom. The summed E-state index contributed by atoms with van der Waals surface area (Å²) in [4.78, 5) is 11.1. The highest BCUT2D eigenvalue weighted by molar-refractivity contribution is 6.42. The Hall–Kier alpha value is -2.26. The van der Waals surface area contributed by atoms with E-state index < -0.39 is 0 Å². The average Bonchev–Trinajstić information content (AvgIpc) is 3.48. The quantitative estimate of drug-likeness (QED) is 0.453. The molecule has 0 radical (unpaired) electrons. The number of anilines is 1. The summed E-state index contributed by atoms with van der Waals surface area (Å²) in [5.74, 6) is 2.28. The molecule has 2 aromatic carbocycles. The van der Waals surface area contributed by atoms with Gasteiger partial charge in [-0.3, -0.25) is 0 Å². The van der Waals surface area contributed by atoms with Gasteiger partial charge in [0, 0.05) is 12.6 Å². The Kier molecular flexibility index (Phi) is 5.72.